The summed E-state index contributed by atoms with van der Waals surface area (Å²) >= 11 is 0. The van der Waals surface area contributed by atoms with Crippen LogP contribution in [0, 0.1) is 0 Å². The van der Waals surface area contributed by atoms with Gasteiger partial charge in [0.15, 0.2) is 0 Å². The van der Waals surface area contributed by atoms with Crippen molar-refractivity contribution in [3.63, 3.8) is 0 Å². The molecule has 1 saturated heterocycles. The molecule has 164 valence electrons. The minimum atomic E-state index is -2.14. The van der Waals surface area contributed by atoms with Crippen molar-refractivity contribution in [1.29, 1.82) is 0 Å². The van der Waals surface area contributed by atoms with Crippen molar-refractivity contribution in [2.24, 2.45) is 0 Å². The van der Waals surface area contributed by atoms with Gasteiger partial charge in [-0.05, 0) is 57.1 Å². The van der Waals surface area contributed by atoms with Crippen LogP contribution >= 0.6 is 0 Å². The maximum absolute atomic E-state index is 13.3. The lowest BCUT2D eigenvalue weighted by Crippen LogP contribution is -2.62. The normalized spacial score (nSPS) is 21.7. The molecule has 4 rings (SSSR count). The first-order chi connectivity index (χ1) is 15.1. The fraction of sp³-hybridized carbons (Fsp3) is 0.417. The van der Waals surface area contributed by atoms with E-state index in [1.54, 1.807) is 48.5 Å². The molecular weight excluding hydrogens is 392 g/mol. The first kappa shape index (κ1) is 21.3. The molecule has 0 aromatic heterocycles. The molecule has 2 aliphatic heterocycles. The second-order valence-corrected chi connectivity index (χ2v) is 8.18. The monoisotopic (exact) mass is 422 g/mol. The summed E-state index contributed by atoms with van der Waals surface area (Å²) in [4.78, 5) is 29.8. The van der Waals surface area contributed by atoms with Gasteiger partial charge in [-0.15, -0.1) is 0 Å². The lowest BCUT2D eigenvalue weighted by atomic mass is 9.95. The van der Waals surface area contributed by atoms with Gasteiger partial charge in [-0.1, -0.05) is 49.2 Å². The van der Waals surface area contributed by atoms with Crippen LogP contribution in [0.2, 0.25) is 0 Å². The molecule has 31 heavy (non-hydrogen) atoms. The van der Waals surface area contributed by atoms with Gasteiger partial charge in [0, 0.05) is 17.8 Å². The Kier molecular flexibility index (Phi) is 6.53. The van der Waals surface area contributed by atoms with Crippen molar-refractivity contribution >= 4 is 23.3 Å². The quantitative estimate of drug-likeness (QED) is 0.624. The van der Waals surface area contributed by atoms with Crippen LogP contribution in [0.1, 0.15) is 37.7 Å². The average molecular weight is 423 g/mol. The molecular formula is C24H30N4O3. The molecule has 1 fully saturated rings. The Balaban J connectivity index is 1.52. The zero-order valence-corrected chi connectivity index (χ0v) is 17.7. The summed E-state index contributed by atoms with van der Waals surface area (Å²) in [5, 5.41) is 17.4. The second kappa shape index (κ2) is 9.49. The van der Waals surface area contributed by atoms with Crippen molar-refractivity contribution in [1.82, 2.24) is 10.2 Å². The zero-order chi connectivity index (χ0) is 21.7. The average Bonchev–Trinajstić information content (AvgIpc) is 3.06. The fourth-order valence-electron chi connectivity index (χ4n) is 4.43. The Morgan fingerprint density at radius 2 is 1.68 bits per heavy atom. The number of nitrogens with zero attached hydrogens (tertiary/aromatic N) is 2. The number of rotatable bonds is 6. The van der Waals surface area contributed by atoms with E-state index in [0.29, 0.717) is 23.5 Å². The van der Waals surface area contributed by atoms with Crippen LogP contribution in [-0.4, -0.2) is 48.1 Å². The van der Waals surface area contributed by atoms with Crippen molar-refractivity contribution in [2.45, 2.75) is 37.8 Å². The highest BCUT2D eigenvalue weighted by atomic mass is 16.3. The Morgan fingerprint density at radius 1 is 1.00 bits per heavy atom. The summed E-state index contributed by atoms with van der Waals surface area (Å²) in [6.07, 6.45) is 5.82. The minimum absolute atomic E-state index is 0.350. The number of likely N-dealkylation sites (tertiary alicyclic amines) is 1. The number of fused-ring (bicyclic) bond motifs is 1. The van der Waals surface area contributed by atoms with Crippen LogP contribution in [0.3, 0.4) is 0 Å². The van der Waals surface area contributed by atoms with E-state index in [1.165, 1.54) is 25.7 Å². The van der Waals surface area contributed by atoms with Gasteiger partial charge in [0.25, 0.3) is 11.6 Å². The summed E-state index contributed by atoms with van der Waals surface area (Å²) < 4.78 is 0. The molecule has 0 saturated carbocycles. The molecule has 2 aromatic rings. The molecule has 2 aromatic carbocycles. The minimum Gasteiger partial charge on any atom is -0.359 e. The lowest BCUT2D eigenvalue weighted by Gasteiger charge is -2.42. The topological polar surface area (TPSA) is 84.9 Å². The number of para-hydroxylation sites is 2. The van der Waals surface area contributed by atoms with E-state index in [-0.39, 0.29) is 0 Å². The third-order valence-corrected chi connectivity index (χ3v) is 6.04. The van der Waals surface area contributed by atoms with E-state index in [9.17, 15) is 14.7 Å². The van der Waals surface area contributed by atoms with E-state index < -0.39 is 17.7 Å². The van der Waals surface area contributed by atoms with Crippen molar-refractivity contribution in [2.75, 3.05) is 36.4 Å². The molecule has 0 spiro atoms. The van der Waals surface area contributed by atoms with Gasteiger partial charge in [-0.2, -0.15) is 0 Å². The third kappa shape index (κ3) is 4.43. The number of benzene rings is 2. The van der Waals surface area contributed by atoms with Gasteiger partial charge in [-0.3, -0.25) is 9.69 Å². The number of hydrogen-bond acceptors (Lipinski definition) is 4. The summed E-state index contributed by atoms with van der Waals surface area (Å²) in [6.45, 7) is 3.56. The van der Waals surface area contributed by atoms with Gasteiger partial charge < -0.3 is 20.6 Å². The summed E-state index contributed by atoms with van der Waals surface area (Å²) in [6, 6.07) is 15.1. The molecule has 0 radical (unpaired) electrons. The van der Waals surface area contributed by atoms with Crippen LogP contribution in [0.15, 0.2) is 54.6 Å². The van der Waals surface area contributed by atoms with E-state index >= 15 is 0 Å². The number of carbonyl (C=O) groups is 2. The third-order valence-electron chi connectivity index (χ3n) is 6.04. The molecule has 7 nitrogen and oxygen atoms in total. The number of urea groups is 1. The Hall–Kier alpha value is -2.90. The van der Waals surface area contributed by atoms with E-state index in [2.05, 4.69) is 15.5 Å². The smallest absolute Gasteiger partial charge is 0.329 e. The number of aliphatic hydroxyl groups is 1. The first-order valence-electron chi connectivity index (χ1n) is 11.1. The molecule has 3 N–H and O–H groups in total. The number of carbonyl (C=O) groups excluding carboxylic acids is 2. The zero-order valence-electron chi connectivity index (χ0n) is 17.7. The highest BCUT2D eigenvalue weighted by Gasteiger charge is 2.51. The maximum atomic E-state index is 13.3. The van der Waals surface area contributed by atoms with E-state index in [0.717, 1.165) is 31.0 Å². The Bertz CT molecular complexity index is 912. The Morgan fingerprint density at radius 3 is 2.42 bits per heavy atom. The molecule has 2 aliphatic rings. The van der Waals surface area contributed by atoms with E-state index in [4.69, 9.17) is 0 Å². The number of nitrogens with one attached hydrogen (secondary N) is 2. The van der Waals surface area contributed by atoms with Crippen LogP contribution in [0.5, 0.6) is 0 Å². The van der Waals surface area contributed by atoms with Gasteiger partial charge in [0.2, 0.25) is 0 Å². The summed E-state index contributed by atoms with van der Waals surface area (Å²) in [7, 11) is 0. The largest absolute Gasteiger partial charge is 0.359 e. The molecule has 2 heterocycles. The molecule has 3 amide bonds. The van der Waals surface area contributed by atoms with Crippen molar-refractivity contribution in [3.8, 4) is 0 Å². The van der Waals surface area contributed by atoms with Gasteiger partial charge >= 0.3 is 6.03 Å². The molecule has 1 unspecified atom stereocenters. The standard InChI is InChI=1S/C24H30N4O3/c29-22(25-15-10-18-27-16-8-1-2-9-17-27)24(31)20-13-6-7-14-21(20)26-23(30)28(24)19-11-4-3-5-12-19/h3-7,11-14,31H,1-2,8-10,15-18H2,(H,25,29)(H,26,30). The number of amides is 3. The van der Waals surface area contributed by atoms with Crippen molar-refractivity contribution in [3.05, 3.63) is 60.2 Å². The van der Waals surface area contributed by atoms with Gasteiger partial charge in [0.1, 0.15) is 0 Å². The summed E-state index contributed by atoms with van der Waals surface area (Å²) in [5.41, 5.74) is -0.912. The summed E-state index contributed by atoms with van der Waals surface area (Å²) in [5.74, 6) is -0.602. The van der Waals surface area contributed by atoms with Crippen molar-refractivity contribution < 1.29 is 14.7 Å². The predicted molar refractivity (Wildman–Crippen MR) is 121 cm³/mol. The molecule has 1 atom stereocenters. The highest BCUT2D eigenvalue weighted by Crippen LogP contribution is 2.39. The number of hydrogen-bond donors (Lipinski definition) is 3. The highest BCUT2D eigenvalue weighted by molar-refractivity contribution is 6.11. The van der Waals surface area contributed by atoms with Crippen LogP contribution in [0.25, 0.3) is 0 Å². The van der Waals surface area contributed by atoms with E-state index in [1.807, 2.05) is 6.07 Å². The Labute approximate surface area is 183 Å². The first-order valence-corrected chi connectivity index (χ1v) is 11.1. The van der Waals surface area contributed by atoms with Crippen LogP contribution < -0.4 is 15.5 Å². The SMILES string of the molecule is O=C1Nc2ccccc2C(O)(C(=O)NCCCN2CCCCCC2)N1c1ccccc1. The molecule has 0 bridgehead atoms. The van der Waals surface area contributed by atoms with Gasteiger partial charge in [-0.25, -0.2) is 4.79 Å². The fourth-order valence-corrected chi connectivity index (χ4v) is 4.43. The molecule has 0 aliphatic carbocycles. The van der Waals surface area contributed by atoms with Crippen LogP contribution in [-0.2, 0) is 10.5 Å². The number of anilines is 2. The molecule has 7 heteroatoms. The predicted octanol–water partition coefficient (Wildman–Crippen LogP) is 3.27. The second-order valence-electron chi connectivity index (χ2n) is 8.18. The lowest BCUT2D eigenvalue weighted by molar-refractivity contribution is -0.140. The van der Waals surface area contributed by atoms with Gasteiger partial charge in [0.05, 0.1) is 5.69 Å². The van der Waals surface area contributed by atoms with Crippen LogP contribution in [0.4, 0.5) is 16.2 Å². The maximum Gasteiger partial charge on any atom is 0.329 e.